The number of nitrogens with one attached hydrogen (secondary N) is 2. The van der Waals surface area contributed by atoms with Gasteiger partial charge in [0.15, 0.2) is 0 Å². The number of ether oxygens (including phenoxy) is 1. The van der Waals surface area contributed by atoms with Gasteiger partial charge in [0, 0.05) is 12.3 Å². The first-order valence-corrected chi connectivity index (χ1v) is 6.99. The third-order valence-electron chi connectivity index (χ3n) is 2.39. The van der Waals surface area contributed by atoms with Crippen molar-refractivity contribution < 1.29 is 13.2 Å². The van der Waals surface area contributed by atoms with Crippen LogP contribution in [0.2, 0.25) is 0 Å². The molecule has 0 aliphatic carbocycles. The molecule has 4 N–H and O–H groups in total. The molecule has 0 amide bonds. The Bertz CT molecular complexity index is 670. The molecular weight excluding hydrogens is 282 g/mol. The zero-order valence-electron chi connectivity index (χ0n) is 10.6. The fraction of sp³-hybridized carbons (Fsp3) is 0.0909. The van der Waals surface area contributed by atoms with E-state index in [9.17, 15) is 8.42 Å². The maximum atomic E-state index is 12.1. The van der Waals surface area contributed by atoms with E-state index < -0.39 is 10.0 Å². The Kier molecular flexibility index (Phi) is 4.01. The third-order valence-corrected chi connectivity index (χ3v) is 3.76. The molecule has 0 atom stereocenters. The SMILES string of the molecule is COc1ccc(NS(=O)(=O)c2ccc(NN)nc2)cn1. The maximum absolute atomic E-state index is 12.1. The number of nitrogens with zero attached hydrogens (tertiary/aromatic N) is 2. The molecule has 2 aromatic heterocycles. The number of hydrazine groups is 1. The van der Waals surface area contributed by atoms with Crippen LogP contribution in [0, 0.1) is 0 Å². The van der Waals surface area contributed by atoms with Gasteiger partial charge in [0.1, 0.15) is 10.7 Å². The molecule has 0 saturated heterocycles. The number of rotatable bonds is 5. The van der Waals surface area contributed by atoms with Crippen molar-refractivity contribution in [2.75, 3.05) is 17.3 Å². The van der Waals surface area contributed by atoms with Gasteiger partial charge in [-0.3, -0.25) is 4.72 Å². The lowest BCUT2D eigenvalue weighted by atomic mass is 10.4. The summed E-state index contributed by atoms with van der Waals surface area (Å²) in [5.74, 6) is 5.93. The number of methoxy groups -OCH3 is 1. The van der Waals surface area contributed by atoms with Crippen LogP contribution in [0.5, 0.6) is 5.88 Å². The highest BCUT2D eigenvalue weighted by atomic mass is 32.2. The lowest BCUT2D eigenvalue weighted by Crippen LogP contribution is -2.14. The van der Waals surface area contributed by atoms with Crippen LogP contribution in [-0.4, -0.2) is 25.5 Å². The Morgan fingerprint density at radius 1 is 1.15 bits per heavy atom. The average Bonchev–Trinajstić information content (AvgIpc) is 2.48. The second kappa shape index (κ2) is 5.72. The predicted octanol–water partition coefficient (Wildman–Crippen LogP) is 0.572. The molecule has 0 aromatic carbocycles. The predicted molar refractivity (Wildman–Crippen MR) is 73.6 cm³/mol. The van der Waals surface area contributed by atoms with Crippen LogP contribution in [0.25, 0.3) is 0 Å². The number of hydrogen-bond acceptors (Lipinski definition) is 7. The molecule has 20 heavy (non-hydrogen) atoms. The summed E-state index contributed by atoms with van der Waals surface area (Å²) < 4.78 is 31.5. The van der Waals surface area contributed by atoms with Crippen molar-refractivity contribution >= 4 is 21.5 Å². The molecule has 2 rings (SSSR count). The van der Waals surface area contributed by atoms with Crippen LogP contribution >= 0.6 is 0 Å². The fourth-order valence-electron chi connectivity index (χ4n) is 1.40. The smallest absolute Gasteiger partial charge is 0.263 e. The lowest BCUT2D eigenvalue weighted by Gasteiger charge is -2.08. The second-order valence-corrected chi connectivity index (χ2v) is 5.40. The van der Waals surface area contributed by atoms with Crippen molar-refractivity contribution in [1.82, 2.24) is 9.97 Å². The zero-order valence-corrected chi connectivity index (χ0v) is 11.4. The van der Waals surface area contributed by atoms with Crippen molar-refractivity contribution in [3.63, 3.8) is 0 Å². The number of aromatic nitrogens is 2. The van der Waals surface area contributed by atoms with E-state index in [1.54, 1.807) is 12.1 Å². The maximum Gasteiger partial charge on any atom is 0.263 e. The van der Waals surface area contributed by atoms with E-state index in [-0.39, 0.29) is 4.90 Å². The largest absolute Gasteiger partial charge is 0.481 e. The zero-order chi connectivity index (χ0) is 14.6. The van der Waals surface area contributed by atoms with Gasteiger partial charge < -0.3 is 10.2 Å². The number of nitrogen functional groups attached to an aromatic ring is 1. The quantitative estimate of drug-likeness (QED) is 0.545. The molecule has 9 heteroatoms. The van der Waals surface area contributed by atoms with Gasteiger partial charge in [0.25, 0.3) is 10.0 Å². The topological polar surface area (TPSA) is 119 Å². The summed E-state index contributed by atoms with van der Waals surface area (Å²) >= 11 is 0. The molecule has 0 fully saturated rings. The van der Waals surface area contributed by atoms with Crippen LogP contribution in [0.1, 0.15) is 0 Å². The van der Waals surface area contributed by atoms with Crippen LogP contribution < -0.4 is 20.7 Å². The first kappa shape index (κ1) is 14.0. The number of sulfonamides is 1. The van der Waals surface area contributed by atoms with Crippen molar-refractivity contribution in [1.29, 1.82) is 0 Å². The Hall–Kier alpha value is -2.39. The number of pyridine rings is 2. The summed E-state index contributed by atoms with van der Waals surface area (Å²) in [6.45, 7) is 0. The van der Waals surface area contributed by atoms with Crippen molar-refractivity contribution in [2.45, 2.75) is 4.90 Å². The van der Waals surface area contributed by atoms with E-state index in [1.807, 2.05) is 0 Å². The van der Waals surface area contributed by atoms with E-state index in [1.165, 1.54) is 31.6 Å². The summed E-state index contributed by atoms with van der Waals surface area (Å²) in [4.78, 5) is 7.77. The van der Waals surface area contributed by atoms with E-state index in [0.29, 0.717) is 17.4 Å². The van der Waals surface area contributed by atoms with E-state index in [0.717, 1.165) is 0 Å². The Morgan fingerprint density at radius 3 is 2.45 bits per heavy atom. The van der Waals surface area contributed by atoms with Gasteiger partial charge in [0.05, 0.1) is 19.0 Å². The highest BCUT2D eigenvalue weighted by molar-refractivity contribution is 7.92. The van der Waals surface area contributed by atoms with Crippen LogP contribution in [0.15, 0.2) is 41.6 Å². The highest BCUT2D eigenvalue weighted by Gasteiger charge is 2.14. The molecule has 2 heterocycles. The van der Waals surface area contributed by atoms with E-state index >= 15 is 0 Å². The highest BCUT2D eigenvalue weighted by Crippen LogP contribution is 2.17. The molecular formula is C11H13N5O3S. The third kappa shape index (κ3) is 3.13. The average molecular weight is 295 g/mol. The van der Waals surface area contributed by atoms with Gasteiger partial charge in [-0.05, 0) is 18.2 Å². The molecule has 2 aromatic rings. The molecule has 0 spiro atoms. The van der Waals surface area contributed by atoms with Crippen molar-refractivity contribution in [2.24, 2.45) is 5.84 Å². The minimum absolute atomic E-state index is 0.0207. The van der Waals surface area contributed by atoms with Crippen LogP contribution in [-0.2, 0) is 10.0 Å². The fourth-order valence-corrected chi connectivity index (χ4v) is 2.39. The molecule has 0 aliphatic heterocycles. The van der Waals surface area contributed by atoms with Gasteiger partial charge in [-0.2, -0.15) is 0 Å². The summed E-state index contributed by atoms with van der Waals surface area (Å²) in [6.07, 6.45) is 2.56. The van der Waals surface area contributed by atoms with Gasteiger partial charge in [-0.25, -0.2) is 24.2 Å². The molecule has 8 nitrogen and oxygen atoms in total. The monoisotopic (exact) mass is 295 g/mol. The van der Waals surface area contributed by atoms with Crippen LogP contribution in [0.4, 0.5) is 11.5 Å². The standard InChI is InChI=1S/C11H13N5O3S/c1-19-11-5-2-8(6-14-11)16-20(17,18)9-3-4-10(15-12)13-7-9/h2-7,16H,12H2,1H3,(H,13,15). The summed E-state index contributed by atoms with van der Waals surface area (Å²) in [5.41, 5.74) is 2.64. The number of nitrogens with two attached hydrogens (primary N) is 1. The molecule has 0 aliphatic rings. The molecule has 0 saturated carbocycles. The Morgan fingerprint density at radius 2 is 1.95 bits per heavy atom. The summed E-state index contributed by atoms with van der Waals surface area (Å²) in [5, 5.41) is 0. The van der Waals surface area contributed by atoms with Crippen molar-refractivity contribution in [3.05, 3.63) is 36.7 Å². The van der Waals surface area contributed by atoms with Crippen molar-refractivity contribution in [3.8, 4) is 5.88 Å². The van der Waals surface area contributed by atoms with Gasteiger partial charge in [-0.15, -0.1) is 0 Å². The normalized spacial score (nSPS) is 10.9. The molecule has 0 bridgehead atoms. The number of anilines is 2. The first-order valence-electron chi connectivity index (χ1n) is 5.50. The minimum Gasteiger partial charge on any atom is -0.481 e. The summed E-state index contributed by atoms with van der Waals surface area (Å²) in [7, 11) is -2.24. The Balaban J connectivity index is 2.20. The summed E-state index contributed by atoms with van der Waals surface area (Å²) in [6, 6.07) is 5.95. The van der Waals surface area contributed by atoms with Gasteiger partial charge in [-0.1, -0.05) is 0 Å². The molecule has 0 radical (unpaired) electrons. The molecule has 106 valence electrons. The van der Waals surface area contributed by atoms with E-state index in [2.05, 4.69) is 20.1 Å². The Labute approximate surface area is 116 Å². The lowest BCUT2D eigenvalue weighted by molar-refractivity contribution is 0.398. The number of hydrogen-bond donors (Lipinski definition) is 3. The van der Waals surface area contributed by atoms with Gasteiger partial charge >= 0.3 is 0 Å². The van der Waals surface area contributed by atoms with Crippen LogP contribution in [0.3, 0.4) is 0 Å². The van der Waals surface area contributed by atoms with E-state index in [4.69, 9.17) is 10.6 Å². The van der Waals surface area contributed by atoms with Gasteiger partial charge in [0.2, 0.25) is 5.88 Å². The first-order chi connectivity index (χ1) is 9.55. The molecule has 0 unspecified atom stereocenters. The second-order valence-electron chi connectivity index (χ2n) is 3.72. The minimum atomic E-state index is -3.72.